The molecule has 0 fully saturated rings. The number of benzene rings is 2. The van der Waals surface area contributed by atoms with E-state index in [-0.39, 0.29) is 12.2 Å². The van der Waals surface area contributed by atoms with E-state index in [0.717, 1.165) is 5.56 Å². The second-order valence-corrected chi connectivity index (χ2v) is 5.46. The molecule has 25 heavy (non-hydrogen) atoms. The fraction of sp³-hybridized carbons (Fsp3) is 0.105. The molecule has 0 aliphatic carbocycles. The number of nitrogens with one attached hydrogen (secondary N) is 1. The van der Waals surface area contributed by atoms with Crippen LogP contribution in [0.15, 0.2) is 48.0 Å². The van der Waals surface area contributed by atoms with Gasteiger partial charge in [-0.25, -0.2) is 0 Å². The Labute approximate surface area is 150 Å². The van der Waals surface area contributed by atoms with Crippen molar-refractivity contribution < 1.29 is 9.53 Å². The number of hydrogen-bond donors (Lipinski definition) is 1. The lowest BCUT2D eigenvalue weighted by Gasteiger charge is -2.09. The molecule has 0 aliphatic heterocycles. The van der Waals surface area contributed by atoms with Gasteiger partial charge in [-0.1, -0.05) is 29.8 Å². The summed E-state index contributed by atoms with van der Waals surface area (Å²) in [4.78, 5) is 12.3. The van der Waals surface area contributed by atoms with Crippen LogP contribution >= 0.6 is 11.6 Å². The molecule has 0 saturated carbocycles. The van der Waals surface area contributed by atoms with Gasteiger partial charge in [0.15, 0.2) is 6.61 Å². The highest BCUT2D eigenvalue weighted by Gasteiger charge is 2.11. The Balaban J connectivity index is 2.16. The van der Waals surface area contributed by atoms with Crippen molar-refractivity contribution in [2.24, 2.45) is 0 Å². The Morgan fingerprint density at radius 2 is 1.96 bits per heavy atom. The zero-order valence-corrected chi connectivity index (χ0v) is 14.2. The van der Waals surface area contributed by atoms with Crippen molar-refractivity contribution in [3.63, 3.8) is 0 Å². The van der Waals surface area contributed by atoms with E-state index in [9.17, 15) is 10.1 Å². The van der Waals surface area contributed by atoms with E-state index in [1.54, 1.807) is 49.4 Å². The van der Waals surface area contributed by atoms with Crippen LogP contribution in [0.2, 0.25) is 5.02 Å². The van der Waals surface area contributed by atoms with E-state index < -0.39 is 5.91 Å². The summed E-state index contributed by atoms with van der Waals surface area (Å²) in [5.41, 5.74) is 1.91. The number of amides is 1. The van der Waals surface area contributed by atoms with Crippen LogP contribution in [-0.4, -0.2) is 12.5 Å². The van der Waals surface area contributed by atoms with Crippen molar-refractivity contribution in [1.29, 1.82) is 10.5 Å². The number of anilines is 1. The van der Waals surface area contributed by atoms with Gasteiger partial charge in [0.1, 0.15) is 23.5 Å². The second-order valence-electron chi connectivity index (χ2n) is 5.05. The number of hydrogen-bond acceptors (Lipinski definition) is 4. The smallest absolute Gasteiger partial charge is 0.266 e. The predicted molar refractivity (Wildman–Crippen MR) is 96.0 cm³/mol. The van der Waals surface area contributed by atoms with Crippen molar-refractivity contribution in [1.82, 2.24) is 0 Å². The maximum absolute atomic E-state index is 12.3. The van der Waals surface area contributed by atoms with Gasteiger partial charge in [0.05, 0.1) is 0 Å². The molecule has 6 heteroatoms. The zero-order chi connectivity index (χ0) is 18.2. The summed E-state index contributed by atoms with van der Waals surface area (Å²) in [5, 5.41) is 21.0. The van der Waals surface area contributed by atoms with Crippen molar-refractivity contribution in [3.8, 4) is 17.9 Å². The van der Waals surface area contributed by atoms with Gasteiger partial charge in [-0.3, -0.25) is 4.79 Å². The van der Waals surface area contributed by atoms with E-state index in [4.69, 9.17) is 21.6 Å². The number of carbonyl (C=O) groups is 1. The van der Waals surface area contributed by atoms with Crippen molar-refractivity contribution in [2.45, 2.75) is 6.92 Å². The van der Waals surface area contributed by atoms with E-state index in [1.165, 1.54) is 6.08 Å². The minimum Gasteiger partial charge on any atom is -0.479 e. The Kier molecular flexibility index (Phi) is 6.17. The molecule has 0 radical (unpaired) electrons. The monoisotopic (exact) mass is 351 g/mol. The lowest BCUT2D eigenvalue weighted by molar-refractivity contribution is -0.112. The molecule has 0 aliphatic rings. The fourth-order valence-corrected chi connectivity index (χ4v) is 2.20. The number of halogens is 1. The summed E-state index contributed by atoms with van der Waals surface area (Å²) in [5.74, 6) is 0.0221. The van der Waals surface area contributed by atoms with Gasteiger partial charge < -0.3 is 10.1 Å². The molecule has 2 aromatic rings. The highest BCUT2D eigenvalue weighted by atomic mass is 35.5. The molecule has 0 saturated heterocycles. The largest absolute Gasteiger partial charge is 0.479 e. The third-order valence-corrected chi connectivity index (χ3v) is 3.78. The number of ether oxygens (including phenoxy) is 1. The predicted octanol–water partition coefficient (Wildman–Crippen LogP) is 4.10. The standard InChI is InChI=1S/C19H14ClN3O2/c1-13-17(20)3-2-4-18(13)23-19(24)15(12-22)11-14-5-7-16(8-6-14)25-10-9-21/h2-8,11H,10H2,1H3,(H,23,24)/b15-11+. The summed E-state index contributed by atoms with van der Waals surface area (Å²) in [6.45, 7) is 1.74. The quantitative estimate of drug-likeness (QED) is 0.649. The molecule has 0 atom stereocenters. The molecule has 0 spiro atoms. The fourth-order valence-electron chi connectivity index (χ4n) is 2.02. The molecule has 2 aromatic carbocycles. The van der Waals surface area contributed by atoms with Gasteiger partial charge in [-0.15, -0.1) is 0 Å². The lowest BCUT2D eigenvalue weighted by atomic mass is 10.1. The molecule has 0 unspecified atom stereocenters. The van der Waals surface area contributed by atoms with Gasteiger partial charge >= 0.3 is 0 Å². The molecule has 2 rings (SSSR count). The van der Waals surface area contributed by atoms with E-state index in [2.05, 4.69) is 5.32 Å². The van der Waals surface area contributed by atoms with E-state index in [0.29, 0.717) is 22.0 Å². The molecule has 124 valence electrons. The Morgan fingerprint density at radius 1 is 1.24 bits per heavy atom. The molecule has 0 aromatic heterocycles. The first kappa shape index (κ1) is 18.1. The number of nitrogens with zero attached hydrogens (tertiary/aromatic N) is 2. The lowest BCUT2D eigenvalue weighted by Crippen LogP contribution is -2.14. The Morgan fingerprint density at radius 3 is 2.60 bits per heavy atom. The molecule has 0 bridgehead atoms. The van der Waals surface area contributed by atoms with Crippen molar-refractivity contribution in [3.05, 3.63) is 64.2 Å². The normalized spacial score (nSPS) is 10.5. The van der Waals surface area contributed by atoms with Crippen LogP contribution in [-0.2, 0) is 4.79 Å². The summed E-state index contributed by atoms with van der Waals surface area (Å²) in [7, 11) is 0. The molecule has 0 heterocycles. The van der Waals surface area contributed by atoms with Gasteiger partial charge in [0.2, 0.25) is 0 Å². The maximum atomic E-state index is 12.3. The van der Waals surface area contributed by atoms with Crippen LogP contribution < -0.4 is 10.1 Å². The molecular weight excluding hydrogens is 338 g/mol. The number of nitriles is 2. The first-order valence-corrected chi connectivity index (χ1v) is 7.71. The Hall–Kier alpha value is -3.28. The third kappa shape index (κ3) is 4.84. The Bertz CT molecular complexity index is 890. The maximum Gasteiger partial charge on any atom is 0.266 e. The first-order valence-electron chi connectivity index (χ1n) is 7.33. The van der Waals surface area contributed by atoms with Gasteiger partial charge in [0, 0.05) is 10.7 Å². The molecular formula is C19H14ClN3O2. The SMILES string of the molecule is Cc1c(Cl)cccc1NC(=O)/C(C#N)=C/c1ccc(OCC#N)cc1. The van der Waals surface area contributed by atoms with E-state index in [1.807, 2.05) is 12.1 Å². The second kappa shape index (κ2) is 8.54. The molecule has 5 nitrogen and oxygen atoms in total. The molecule has 1 N–H and O–H groups in total. The van der Waals surface area contributed by atoms with Crippen LogP contribution in [0.5, 0.6) is 5.75 Å². The number of carbonyl (C=O) groups excluding carboxylic acids is 1. The van der Waals surface area contributed by atoms with Crippen molar-refractivity contribution >= 4 is 29.3 Å². The van der Waals surface area contributed by atoms with Crippen LogP contribution in [0.3, 0.4) is 0 Å². The molecule has 1 amide bonds. The minimum atomic E-state index is -0.516. The van der Waals surface area contributed by atoms with Crippen LogP contribution in [0.4, 0.5) is 5.69 Å². The van der Waals surface area contributed by atoms with Gasteiger partial charge in [-0.2, -0.15) is 10.5 Å². The number of rotatable bonds is 5. The minimum absolute atomic E-state index is 0.0370. The van der Waals surface area contributed by atoms with Gasteiger partial charge in [0.25, 0.3) is 5.91 Å². The summed E-state index contributed by atoms with van der Waals surface area (Å²) < 4.78 is 5.15. The highest BCUT2D eigenvalue weighted by molar-refractivity contribution is 6.31. The van der Waals surface area contributed by atoms with Crippen molar-refractivity contribution in [2.75, 3.05) is 11.9 Å². The third-order valence-electron chi connectivity index (χ3n) is 3.38. The average Bonchev–Trinajstić information content (AvgIpc) is 2.62. The van der Waals surface area contributed by atoms with E-state index >= 15 is 0 Å². The zero-order valence-electron chi connectivity index (χ0n) is 13.4. The highest BCUT2D eigenvalue weighted by Crippen LogP contribution is 2.23. The van der Waals surface area contributed by atoms with Crippen LogP contribution in [0, 0.1) is 29.6 Å². The topological polar surface area (TPSA) is 85.9 Å². The van der Waals surface area contributed by atoms with Gasteiger partial charge in [-0.05, 0) is 48.4 Å². The average molecular weight is 352 g/mol. The summed E-state index contributed by atoms with van der Waals surface area (Å²) >= 11 is 6.03. The van der Waals surface area contributed by atoms with Crippen LogP contribution in [0.25, 0.3) is 6.08 Å². The van der Waals surface area contributed by atoms with Crippen LogP contribution in [0.1, 0.15) is 11.1 Å². The first-order chi connectivity index (χ1) is 12.0. The summed E-state index contributed by atoms with van der Waals surface area (Å²) in [6.07, 6.45) is 1.48. The summed E-state index contributed by atoms with van der Waals surface area (Å²) in [6, 6.07) is 15.7.